The predicted molar refractivity (Wildman–Crippen MR) is 116 cm³/mol. The maximum atomic E-state index is 13.1. The number of ether oxygens (including phenoxy) is 3. The van der Waals surface area contributed by atoms with Crippen LogP contribution in [0.4, 0.5) is 5.69 Å². The fourth-order valence-electron chi connectivity index (χ4n) is 4.05. The Morgan fingerprint density at radius 3 is 2.78 bits per heavy atom. The van der Waals surface area contributed by atoms with Crippen molar-refractivity contribution < 1.29 is 28.7 Å². The second-order valence-corrected chi connectivity index (χ2v) is 7.71. The van der Waals surface area contributed by atoms with E-state index in [4.69, 9.17) is 14.2 Å². The quantitative estimate of drug-likeness (QED) is 0.262. The number of nitro benzene ring substituents is 1. The largest absolute Gasteiger partial charge is 0.461 e. The molecule has 9 nitrogen and oxygen atoms in total. The molecule has 0 bridgehead atoms. The zero-order valence-electron chi connectivity index (χ0n) is 18.1. The van der Waals surface area contributed by atoms with Gasteiger partial charge in [0, 0.05) is 36.1 Å². The third kappa shape index (κ3) is 5.11. The van der Waals surface area contributed by atoms with Gasteiger partial charge in [-0.3, -0.25) is 19.9 Å². The molecule has 1 aromatic rings. The molecule has 0 aliphatic carbocycles. The Balaban J connectivity index is 2.01. The highest BCUT2D eigenvalue weighted by molar-refractivity contribution is 6.07. The fraction of sp³-hybridized carbons (Fsp3) is 0.435. The Morgan fingerprint density at radius 2 is 2.12 bits per heavy atom. The summed E-state index contributed by atoms with van der Waals surface area (Å²) in [5, 5.41) is 11.3. The van der Waals surface area contributed by atoms with Crippen LogP contribution in [0.5, 0.6) is 0 Å². The highest BCUT2D eigenvalue weighted by Crippen LogP contribution is 2.41. The fourth-order valence-corrected chi connectivity index (χ4v) is 4.05. The lowest BCUT2D eigenvalue weighted by Crippen LogP contribution is -2.37. The summed E-state index contributed by atoms with van der Waals surface area (Å²) in [6.07, 6.45) is 2.97. The molecule has 0 aromatic heterocycles. The van der Waals surface area contributed by atoms with E-state index in [0.717, 1.165) is 12.8 Å². The molecule has 3 rings (SSSR count). The van der Waals surface area contributed by atoms with Gasteiger partial charge in [0.2, 0.25) is 0 Å². The molecule has 0 N–H and O–H groups in total. The van der Waals surface area contributed by atoms with Crippen LogP contribution < -0.4 is 0 Å². The molecule has 1 fully saturated rings. The molecule has 0 saturated carbocycles. The molecule has 170 valence electrons. The lowest BCUT2D eigenvalue weighted by Gasteiger charge is -2.31. The van der Waals surface area contributed by atoms with Gasteiger partial charge < -0.3 is 14.2 Å². The minimum atomic E-state index is -0.939. The van der Waals surface area contributed by atoms with E-state index < -0.39 is 28.7 Å². The molecule has 1 aromatic carbocycles. The van der Waals surface area contributed by atoms with E-state index in [2.05, 4.69) is 11.6 Å². The van der Waals surface area contributed by atoms with Crippen LogP contribution >= 0.6 is 0 Å². The van der Waals surface area contributed by atoms with Gasteiger partial charge in [-0.1, -0.05) is 24.8 Å². The number of non-ortho nitro benzene ring substituents is 1. The number of esters is 2. The van der Waals surface area contributed by atoms with Gasteiger partial charge in [-0.2, -0.15) is 0 Å². The molecule has 9 heteroatoms. The summed E-state index contributed by atoms with van der Waals surface area (Å²) in [7, 11) is 0. The van der Waals surface area contributed by atoms with Gasteiger partial charge >= 0.3 is 11.9 Å². The molecule has 3 atom stereocenters. The second kappa shape index (κ2) is 10.3. The second-order valence-electron chi connectivity index (χ2n) is 7.71. The first-order valence-electron chi connectivity index (χ1n) is 10.4. The number of allylic oxidation sites excluding steroid dienone is 1. The van der Waals surface area contributed by atoms with Gasteiger partial charge in [0.25, 0.3) is 5.69 Å². The van der Waals surface area contributed by atoms with Crippen molar-refractivity contribution in [3.05, 3.63) is 63.9 Å². The van der Waals surface area contributed by atoms with E-state index in [-0.39, 0.29) is 30.6 Å². The topological polar surface area (TPSA) is 117 Å². The maximum Gasteiger partial charge on any atom is 0.336 e. The predicted octanol–water partition coefficient (Wildman–Crippen LogP) is 3.49. The summed E-state index contributed by atoms with van der Waals surface area (Å²) >= 11 is 0. The van der Waals surface area contributed by atoms with E-state index in [0.29, 0.717) is 23.6 Å². The normalized spacial score (nSPS) is 22.8. The van der Waals surface area contributed by atoms with Crippen molar-refractivity contribution in [1.82, 2.24) is 0 Å². The van der Waals surface area contributed by atoms with Crippen LogP contribution in [0.3, 0.4) is 0 Å². The maximum absolute atomic E-state index is 13.1. The standard InChI is InChI=1S/C23H26N2O7/c1-4-10-31-22(26)19-14(2)24-15(3)20(23(27)32-13-18-9-6-11-30-18)21(19)16-7-5-8-17(12-16)25(28)29/h4-5,7-8,12,18-19,21H,1,6,9-11,13H2,2-3H3/t18-,19?,21-/m1/s1. The van der Waals surface area contributed by atoms with Crippen molar-refractivity contribution in [3.8, 4) is 0 Å². The smallest absolute Gasteiger partial charge is 0.336 e. The van der Waals surface area contributed by atoms with Crippen molar-refractivity contribution in [2.24, 2.45) is 10.9 Å². The third-order valence-electron chi connectivity index (χ3n) is 5.51. The number of hydrogen-bond acceptors (Lipinski definition) is 8. The Kier molecular flexibility index (Phi) is 7.53. The first-order chi connectivity index (χ1) is 15.3. The SMILES string of the molecule is C=CCOC(=O)C1C(C)=NC(C)=C(C(=O)OC[C@H]2CCCO2)[C@@H]1c1cccc([N+](=O)[O-])c1. The molecule has 0 amide bonds. The van der Waals surface area contributed by atoms with Crippen LogP contribution in [0.15, 0.2) is 53.2 Å². The minimum absolute atomic E-state index is 0.00817. The van der Waals surface area contributed by atoms with Crippen molar-refractivity contribution in [3.63, 3.8) is 0 Å². The average Bonchev–Trinajstić information content (AvgIpc) is 3.29. The van der Waals surface area contributed by atoms with Gasteiger partial charge in [-0.25, -0.2) is 4.79 Å². The molecular formula is C23H26N2O7. The number of benzene rings is 1. The van der Waals surface area contributed by atoms with Crippen molar-refractivity contribution in [1.29, 1.82) is 0 Å². The zero-order chi connectivity index (χ0) is 23.3. The van der Waals surface area contributed by atoms with Crippen LogP contribution in [0.2, 0.25) is 0 Å². The Bertz CT molecular complexity index is 976. The van der Waals surface area contributed by atoms with E-state index in [1.807, 2.05) is 0 Å². The summed E-state index contributed by atoms with van der Waals surface area (Å²) in [6.45, 7) is 7.57. The number of nitro groups is 1. The Hall–Kier alpha value is -3.33. The summed E-state index contributed by atoms with van der Waals surface area (Å²) in [4.78, 5) is 41.3. The van der Waals surface area contributed by atoms with E-state index in [1.54, 1.807) is 19.9 Å². The molecular weight excluding hydrogens is 416 g/mol. The monoisotopic (exact) mass is 442 g/mol. The lowest BCUT2D eigenvalue weighted by atomic mass is 9.75. The van der Waals surface area contributed by atoms with Crippen LogP contribution in [-0.2, 0) is 23.8 Å². The van der Waals surface area contributed by atoms with Gasteiger partial charge in [-0.15, -0.1) is 0 Å². The molecule has 1 saturated heterocycles. The highest BCUT2D eigenvalue weighted by atomic mass is 16.6. The van der Waals surface area contributed by atoms with Gasteiger partial charge in [0.15, 0.2) is 0 Å². The molecule has 2 heterocycles. The van der Waals surface area contributed by atoms with E-state index in [1.165, 1.54) is 24.3 Å². The number of carbonyl (C=O) groups excluding carboxylic acids is 2. The number of aliphatic imine (C=N–C) groups is 1. The first-order valence-corrected chi connectivity index (χ1v) is 10.4. The van der Waals surface area contributed by atoms with Crippen molar-refractivity contribution >= 4 is 23.3 Å². The van der Waals surface area contributed by atoms with Crippen LogP contribution in [0, 0.1) is 16.0 Å². The number of nitrogens with zero attached hydrogens (tertiary/aromatic N) is 2. The third-order valence-corrected chi connectivity index (χ3v) is 5.51. The lowest BCUT2D eigenvalue weighted by molar-refractivity contribution is -0.384. The Labute approximate surface area is 185 Å². The average molecular weight is 442 g/mol. The van der Waals surface area contributed by atoms with E-state index in [9.17, 15) is 19.7 Å². The number of hydrogen-bond donors (Lipinski definition) is 0. The molecule has 0 spiro atoms. The number of carbonyl (C=O) groups is 2. The van der Waals surface area contributed by atoms with Crippen LogP contribution in [-0.4, -0.2) is 48.5 Å². The zero-order valence-corrected chi connectivity index (χ0v) is 18.1. The van der Waals surface area contributed by atoms with Gasteiger partial charge in [0.1, 0.15) is 19.1 Å². The minimum Gasteiger partial charge on any atom is -0.461 e. The van der Waals surface area contributed by atoms with Crippen LogP contribution in [0.1, 0.15) is 38.2 Å². The summed E-state index contributed by atoms with van der Waals surface area (Å²) < 4.78 is 16.3. The van der Waals surface area contributed by atoms with Crippen LogP contribution in [0.25, 0.3) is 0 Å². The van der Waals surface area contributed by atoms with Crippen molar-refractivity contribution in [2.45, 2.75) is 38.7 Å². The van der Waals surface area contributed by atoms with E-state index >= 15 is 0 Å². The molecule has 32 heavy (non-hydrogen) atoms. The van der Waals surface area contributed by atoms with Gasteiger partial charge in [0.05, 0.1) is 16.6 Å². The number of rotatable bonds is 8. The molecule has 0 radical (unpaired) electrons. The summed E-state index contributed by atoms with van der Waals surface area (Å²) in [5.41, 5.74) is 1.30. The Morgan fingerprint density at radius 1 is 1.34 bits per heavy atom. The molecule has 2 aliphatic rings. The molecule has 1 unspecified atom stereocenters. The summed E-state index contributed by atoms with van der Waals surface area (Å²) in [5.74, 6) is -3.01. The summed E-state index contributed by atoms with van der Waals surface area (Å²) in [6, 6.07) is 5.87. The molecule has 2 aliphatic heterocycles. The van der Waals surface area contributed by atoms with Crippen molar-refractivity contribution in [2.75, 3.05) is 19.8 Å². The highest BCUT2D eigenvalue weighted by Gasteiger charge is 2.43. The van der Waals surface area contributed by atoms with Gasteiger partial charge in [-0.05, 0) is 32.3 Å². The first kappa shape index (κ1) is 23.3.